The molecule has 10 nitrogen and oxygen atoms in total. The third kappa shape index (κ3) is 4.61. The number of hydrogen-bond donors (Lipinski definition) is 1. The largest absolute Gasteiger partial charge is 0.436 e. The molecule has 3 heterocycles. The molecule has 0 radical (unpaired) electrons. The normalized spacial score (nSPS) is 21.2. The fourth-order valence-corrected chi connectivity index (χ4v) is 3.92. The van der Waals surface area contributed by atoms with Crippen molar-refractivity contribution in [1.82, 2.24) is 19.4 Å². The van der Waals surface area contributed by atoms with Gasteiger partial charge < -0.3 is 25.1 Å². The molecule has 1 fully saturated rings. The topological polar surface area (TPSA) is 106 Å². The first-order chi connectivity index (χ1) is 15.0. The van der Waals surface area contributed by atoms with Crippen molar-refractivity contribution in [3.63, 3.8) is 0 Å². The van der Waals surface area contributed by atoms with Crippen molar-refractivity contribution in [2.75, 3.05) is 38.0 Å². The Morgan fingerprint density at radius 1 is 1.31 bits per heavy atom. The van der Waals surface area contributed by atoms with Gasteiger partial charge in [-0.1, -0.05) is 6.07 Å². The second kappa shape index (κ2) is 7.97. The molecule has 1 unspecified atom stereocenters. The molecule has 0 aliphatic carbocycles. The average molecular weight is 454 g/mol. The number of anilines is 1. The summed E-state index contributed by atoms with van der Waals surface area (Å²) in [5.74, 6) is -0.262. The number of carbonyl (C=O) groups is 1. The predicted octanol–water partition coefficient (Wildman–Crippen LogP) is 2.81. The van der Waals surface area contributed by atoms with E-state index in [0.29, 0.717) is 39.3 Å². The van der Waals surface area contributed by atoms with Gasteiger partial charge in [-0.15, -0.1) is 0 Å². The highest BCUT2D eigenvalue weighted by Gasteiger charge is 2.42. The van der Waals surface area contributed by atoms with E-state index >= 15 is 0 Å². The van der Waals surface area contributed by atoms with Crippen molar-refractivity contribution in [1.29, 1.82) is 0 Å². The Morgan fingerprint density at radius 2 is 2.03 bits per heavy atom. The second-order valence-corrected chi connectivity index (χ2v) is 8.09. The molecule has 13 heteroatoms. The Labute approximate surface area is 180 Å². The third-order valence-electron chi connectivity index (χ3n) is 5.42. The Balaban J connectivity index is 1.28. The van der Waals surface area contributed by atoms with Gasteiger partial charge in [-0.25, -0.2) is 4.79 Å². The number of nitro groups is 1. The van der Waals surface area contributed by atoms with Gasteiger partial charge in [0.05, 0.1) is 12.1 Å². The standard InChI is InChI=1S/C19H21F3N6O4/c1-18(12-27-10-15(28(30)31)24-17(27)32-18)11-25-5-7-26(8-6-25)16(29)23-14-4-2-3-13(9-14)19(20,21)22/h2-4,9-10H,5-8,11-12H2,1H3,(H,23,29). The predicted molar refractivity (Wildman–Crippen MR) is 106 cm³/mol. The summed E-state index contributed by atoms with van der Waals surface area (Å²) in [6, 6.07) is 4.26. The number of halogens is 3. The van der Waals surface area contributed by atoms with Gasteiger partial charge in [0.2, 0.25) is 0 Å². The Morgan fingerprint density at radius 3 is 2.66 bits per heavy atom. The molecule has 172 valence electrons. The molecular formula is C19H21F3N6O4. The van der Waals surface area contributed by atoms with E-state index in [0.717, 1.165) is 12.1 Å². The lowest BCUT2D eigenvalue weighted by molar-refractivity contribution is -0.389. The maximum Gasteiger partial charge on any atom is 0.416 e. The van der Waals surface area contributed by atoms with Crippen LogP contribution in [0.5, 0.6) is 6.01 Å². The van der Waals surface area contributed by atoms with E-state index < -0.39 is 28.3 Å². The summed E-state index contributed by atoms with van der Waals surface area (Å²) in [4.78, 5) is 30.2. The van der Waals surface area contributed by atoms with Gasteiger partial charge in [-0.2, -0.15) is 13.2 Å². The van der Waals surface area contributed by atoms with Crippen molar-refractivity contribution in [3.8, 4) is 6.01 Å². The molecule has 1 saturated heterocycles. The van der Waals surface area contributed by atoms with Crippen molar-refractivity contribution in [2.24, 2.45) is 0 Å². The van der Waals surface area contributed by atoms with Crippen molar-refractivity contribution >= 4 is 17.5 Å². The van der Waals surface area contributed by atoms with Gasteiger partial charge in [0.1, 0.15) is 11.8 Å². The van der Waals surface area contributed by atoms with Crippen LogP contribution in [0.4, 0.5) is 29.5 Å². The molecular weight excluding hydrogens is 433 g/mol. The summed E-state index contributed by atoms with van der Waals surface area (Å²) in [5, 5.41) is 13.3. The highest BCUT2D eigenvalue weighted by atomic mass is 19.4. The van der Waals surface area contributed by atoms with Crippen LogP contribution in [0.15, 0.2) is 30.5 Å². The van der Waals surface area contributed by atoms with E-state index in [1.165, 1.54) is 18.3 Å². The number of piperazine rings is 1. The quantitative estimate of drug-likeness (QED) is 0.563. The van der Waals surface area contributed by atoms with Crippen LogP contribution in [-0.2, 0) is 12.7 Å². The first kappa shape index (κ1) is 21.9. The smallest absolute Gasteiger partial charge is 0.416 e. The van der Waals surface area contributed by atoms with Crippen LogP contribution in [-0.4, -0.2) is 68.6 Å². The minimum atomic E-state index is -4.48. The maximum atomic E-state index is 12.8. The summed E-state index contributed by atoms with van der Waals surface area (Å²) in [6.07, 6.45) is -3.14. The van der Waals surface area contributed by atoms with E-state index in [4.69, 9.17) is 4.74 Å². The molecule has 32 heavy (non-hydrogen) atoms. The van der Waals surface area contributed by atoms with Gasteiger partial charge in [0, 0.05) is 43.4 Å². The first-order valence-electron chi connectivity index (χ1n) is 9.89. The van der Waals surface area contributed by atoms with E-state index in [1.54, 1.807) is 9.47 Å². The van der Waals surface area contributed by atoms with Gasteiger partial charge in [0.25, 0.3) is 0 Å². The van der Waals surface area contributed by atoms with Crippen molar-refractivity contribution < 1.29 is 27.6 Å². The zero-order valence-electron chi connectivity index (χ0n) is 17.1. The van der Waals surface area contributed by atoms with Crippen LogP contribution >= 0.6 is 0 Å². The number of ether oxygens (including phenoxy) is 1. The number of fused-ring (bicyclic) bond motifs is 1. The van der Waals surface area contributed by atoms with Crippen LogP contribution in [0.2, 0.25) is 0 Å². The van der Waals surface area contributed by atoms with Gasteiger partial charge in [0.15, 0.2) is 0 Å². The lowest BCUT2D eigenvalue weighted by atomic mass is 10.1. The summed E-state index contributed by atoms with van der Waals surface area (Å²) in [6.45, 7) is 4.75. The number of nitrogens with zero attached hydrogens (tertiary/aromatic N) is 5. The number of nitrogens with one attached hydrogen (secondary N) is 1. The van der Waals surface area contributed by atoms with Crippen LogP contribution in [0.3, 0.4) is 0 Å². The van der Waals surface area contributed by atoms with E-state index in [9.17, 15) is 28.1 Å². The molecule has 0 spiro atoms. The van der Waals surface area contributed by atoms with E-state index in [1.807, 2.05) is 6.92 Å². The summed E-state index contributed by atoms with van der Waals surface area (Å²) in [5.41, 5.74) is -1.35. The number of benzene rings is 1. The van der Waals surface area contributed by atoms with E-state index in [-0.39, 0.29) is 17.5 Å². The highest BCUT2D eigenvalue weighted by Crippen LogP contribution is 2.32. The zero-order valence-corrected chi connectivity index (χ0v) is 17.1. The summed E-state index contributed by atoms with van der Waals surface area (Å²) < 4.78 is 46.0. The molecule has 2 amide bonds. The van der Waals surface area contributed by atoms with Crippen molar-refractivity contribution in [2.45, 2.75) is 25.2 Å². The number of hydrogen-bond acceptors (Lipinski definition) is 6. The third-order valence-corrected chi connectivity index (χ3v) is 5.42. The van der Waals surface area contributed by atoms with Crippen LogP contribution in [0, 0.1) is 10.1 Å². The molecule has 1 atom stereocenters. The molecule has 0 bridgehead atoms. The highest BCUT2D eigenvalue weighted by molar-refractivity contribution is 5.89. The van der Waals surface area contributed by atoms with Crippen molar-refractivity contribution in [3.05, 3.63) is 46.1 Å². The number of rotatable bonds is 4. The monoisotopic (exact) mass is 454 g/mol. The van der Waals surface area contributed by atoms with Gasteiger partial charge >= 0.3 is 24.0 Å². The van der Waals surface area contributed by atoms with Gasteiger partial charge in [-0.05, 0) is 30.0 Å². The number of aromatic nitrogens is 2. The average Bonchev–Trinajstić information content (AvgIpc) is 3.23. The molecule has 0 saturated carbocycles. The Bertz CT molecular complexity index is 1010. The lowest BCUT2D eigenvalue weighted by Crippen LogP contribution is -2.54. The maximum absolute atomic E-state index is 12.8. The Kier molecular flexibility index (Phi) is 5.44. The lowest BCUT2D eigenvalue weighted by Gasteiger charge is -2.37. The number of amides is 2. The molecule has 2 aromatic rings. The van der Waals surface area contributed by atoms with E-state index in [2.05, 4.69) is 15.2 Å². The first-order valence-corrected chi connectivity index (χ1v) is 9.89. The minimum Gasteiger partial charge on any atom is -0.436 e. The SMILES string of the molecule is CC1(CN2CCN(C(=O)Nc3cccc(C(F)(F)F)c3)CC2)Cn2cc([N+](=O)[O-])nc2O1. The van der Waals surface area contributed by atoms with Crippen LogP contribution in [0.1, 0.15) is 12.5 Å². The number of carbonyl (C=O) groups excluding carboxylic acids is 1. The second-order valence-electron chi connectivity index (χ2n) is 8.09. The molecule has 4 rings (SSSR count). The fourth-order valence-electron chi connectivity index (χ4n) is 3.92. The van der Waals surface area contributed by atoms with Gasteiger partial charge in [-0.3, -0.25) is 9.47 Å². The van der Waals surface area contributed by atoms with Crippen LogP contribution < -0.4 is 10.1 Å². The summed E-state index contributed by atoms with van der Waals surface area (Å²) >= 11 is 0. The molecule has 1 aromatic carbocycles. The molecule has 2 aliphatic rings. The fraction of sp³-hybridized carbons (Fsp3) is 0.474. The van der Waals surface area contributed by atoms with Crippen LogP contribution in [0.25, 0.3) is 0 Å². The summed E-state index contributed by atoms with van der Waals surface area (Å²) in [7, 11) is 0. The number of urea groups is 1. The number of imidazole rings is 1. The minimum absolute atomic E-state index is 0.0858. The Hall–Kier alpha value is -3.35. The molecule has 1 N–H and O–H groups in total. The molecule has 1 aromatic heterocycles. The molecule has 2 aliphatic heterocycles. The number of alkyl halides is 3. The zero-order chi connectivity index (χ0) is 23.1.